The van der Waals surface area contributed by atoms with Gasteiger partial charge in [-0.1, -0.05) is 6.92 Å². The third-order valence-corrected chi connectivity index (χ3v) is 4.51. The number of anilines is 1. The molecule has 2 aromatic rings. The summed E-state index contributed by atoms with van der Waals surface area (Å²) in [5.41, 5.74) is -0.977. The third-order valence-electron chi connectivity index (χ3n) is 4.51. The second-order valence-corrected chi connectivity index (χ2v) is 6.81. The van der Waals surface area contributed by atoms with Crippen LogP contribution >= 0.6 is 0 Å². The third kappa shape index (κ3) is 5.80. The molecule has 0 spiro atoms. The standard InChI is InChI=1S/C18H26F3N9/c1-3-14-28-15-6-5-12(11-30(15)29-14)26-16(22-4-2)24-9-10-25-17-23-8-7-13(27-17)18(19,20)21/h7-8,12H,3-6,9-11H2,1-2H3,(H2,22,24,26)(H,23,25,27). The van der Waals surface area contributed by atoms with E-state index in [1.54, 1.807) is 0 Å². The molecule has 0 aromatic carbocycles. The highest BCUT2D eigenvalue weighted by atomic mass is 19.4. The predicted molar refractivity (Wildman–Crippen MR) is 106 cm³/mol. The van der Waals surface area contributed by atoms with Crippen LogP contribution in [0.25, 0.3) is 0 Å². The van der Waals surface area contributed by atoms with Crippen molar-refractivity contribution in [2.24, 2.45) is 4.99 Å². The number of hydrogen-bond donors (Lipinski definition) is 3. The van der Waals surface area contributed by atoms with E-state index < -0.39 is 11.9 Å². The van der Waals surface area contributed by atoms with E-state index in [9.17, 15) is 13.2 Å². The first-order chi connectivity index (χ1) is 14.4. The highest BCUT2D eigenvalue weighted by Crippen LogP contribution is 2.27. The van der Waals surface area contributed by atoms with E-state index in [1.165, 1.54) is 0 Å². The molecule has 3 N–H and O–H groups in total. The number of halogens is 3. The van der Waals surface area contributed by atoms with Crippen LogP contribution in [0.4, 0.5) is 19.1 Å². The predicted octanol–water partition coefficient (Wildman–Crippen LogP) is 1.63. The van der Waals surface area contributed by atoms with E-state index in [0.717, 1.165) is 43.2 Å². The van der Waals surface area contributed by atoms with Crippen molar-refractivity contribution in [2.75, 3.05) is 25.0 Å². The molecule has 1 atom stereocenters. The van der Waals surface area contributed by atoms with Crippen molar-refractivity contribution in [2.45, 2.75) is 51.9 Å². The second kappa shape index (κ2) is 9.72. The molecule has 3 heterocycles. The first kappa shape index (κ1) is 21.8. The Morgan fingerprint density at radius 2 is 2.13 bits per heavy atom. The smallest absolute Gasteiger partial charge is 0.357 e. The summed E-state index contributed by atoms with van der Waals surface area (Å²) in [6.45, 7) is 6.05. The molecule has 164 valence electrons. The normalized spacial score (nSPS) is 16.8. The fraction of sp³-hybridized carbons (Fsp3) is 0.611. The lowest BCUT2D eigenvalue weighted by Crippen LogP contribution is -2.47. The topological polar surface area (TPSA) is 105 Å². The fourth-order valence-electron chi connectivity index (χ4n) is 3.08. The van der Waals surface area contributed by atoms with Crippen LogP contribution in [0.3, 0.4) is 0 Å². The van der Waals surface area contributed by atoms with Gasteiger partial charge in [-0.05, 0) is 19.4 Å². The number of aromatic nitrogens is 5. The van der Waals surface area contributed by atoms with Gasteiger partial charge in [0, 0.05) is 38.2 Å². The molecular formula is C18H26F3N9. The van der Waals surface area contributed by atoms with E-state index in [4.69, 9.17) is 0 Å². The van der Waals surface area contributed by atoms with Crippen LogP contribution in [-0.4, -0.2) is 56.4 Å². The summed E-state index contributed by atoms with van der Waals surface area (Å²) in [4.78, 5) is 16.3. The summed E-state index contributed by atoms with van der Waals surface area (Å²) in [6, 6.07) is 1.01. The number of aliphatic imine (C=N–C) groups is 1. The SMILES string of the molecule is CCNC(=NCCNc1nccc(C(F)(F)F)n1)NC1CCc2nc(CC)nn2C1. The van der Waals surface area contributed by atoms with Crippen molar-refractivity contribution in [1.29, 1.82) is 0 Å². The summed E-state index contributed by atoms with van der Waals surface area (Å²) in [5.74, 6) is 2.44. The molecule has 1 aliphatic rings. The summed E-state index contributed by atoms with van der Waals surface area (Å²) in [7, 11) is 0. The van der Waals surface area contributed by atoms with Gasteiger partial charge in [0.1, 0.15) is 11.5 Å². The van der Waals surface area contributed by atoms with Gasteiger partial charge in [0.15, 0.2) is 11.8 Å². The molecule has 2 aromatic heterocycles. The zero-order chi connectivity index (χ0) is 21.6. The largest absolute Gasteiger partial charge is 0.433 e. The highest BCUT2D eigenvalue weighted by Gasteiger charge is 2.32. The molecule has 0 aliphatic carbocycles. The minimum Gasteiger partial charge on any atom is -0.357 e. The van der Waals surface area contributed by atoms with E-state index in [2.05, 4.69) is 41.0 Å². The molecule has 0 saturated carbocycles. The van der Waals surface area contributed by atoms with E-state index in [-0.39, 0.29) is 12.0 Å². The molecule has 0 saturated heterocycles. The fourth-order valence-corrected chi connectivity index (χ4v) is 3.08. The number of nitrogens with one attached hydrogen (secondary N) is 3. The Morgan fingerprint density at radius 1 is 1.30 bits per heavy atom. The lowest BCUT2D eigenvalue weighted by molar-refractivity contribution is -0.141. The van der Waals surface area contributed by atoms with Crippen molar-refractivity contribution in [3.05, 3.63) is 29.6 Å². The number of hydrogen-bond acceptors (Lipinski definition) is 6. The van der Waals surface area contributed by atoms with Crippen LogP contribution in [0.5, 0.6) is 0 Å². The maximum Gasteiger partial charge on any atom is 0.433 e. The van der Waals surface area contributed by atoms with Gasteiger partial charge in [-0.3, -0.25) is 4.99 Å². The van der Waals surface area contributed by atoms with Crippen LogP contribution < -0.4 is 16.0 Å². The molecule has 12 heteroatoms. The molecule has 0 radical (unpaired) electrons. The van der Waals surface area contributed by atoms with E-state index in [0.29, 0.717) is 32.1 Å². The van der Waals surface area contributed by atoms with Gasteiger partial charge in [0.2, 0.25) is 5.95 Å². The van der Waals surface area contributed by atoms with Crippen LogP contribution in [0.2, 0.25) is 0 Å². The summed E-state index contributed by atoms with van der Waals surface area (Å²) < 4.78 is 40.1. The molecule has 9 nitrogen and oxygen atoms in total. The Morgan fingerprint density at radius 3 is 2.87 bits per heavy atom. The Balaban J connectivity index is 1.52. The van der Waals surface area contributed by atoms with Gasteiger partial charge in [0.25, 0.3) is 0 Å². The Bertz CT molecular complexity index is 863. The van der Waals surface area contributed by atoms with E-state index in [1.807, 2.05) is 18.5 Å². The van der Waals surface area contributed by atoms with Gasteiger partial charge in [-0.15, -0.1) is 0 Å². The van der Waals surface area contributed by atoms with Crippen LogP contribution in [-0.2, 0) is 25.6 Å². The second-order valence-electron chi connectivity index (χ2n) is 6.81. The molecule has 1 unspecified atom stereocenters. The van der Waals surface area contributed by atoms with Crippen molar-refractivity contribution in [1.82, 2.24) is 35.4 Å². The molecule has 1 aliphatic heterocycles. The number of guanidine groups is 1. The average Bonchev–Trinajstić information content (AvgIpc) is 3.13. The summed E-state index contributed by atoms with van der Waals surface area (Å²) in [5, 5.41) is 13.9. The van der Waals surface area contributed by atoms with Crippen LogP contribution in [0.15, 0.2) is 17.3 Å². The molecule has 3 rings (SSSR count). The zero-order valence-corrected chi connectivity index (χ0v) is 17.0. The van der Waals surface area contributed by atoms with Gasteiger partial charge >= 0.3 is 6.18 Å². The van der Waals surface area contributed by atoms with Crippen molar-refractivity contribution in [3.63, 3.8) is 0 Å². The number of rotatable bonds is 7. The number of aryl methyl sites for hydroxylation is 2. The average molecular weight is 425 g/mol. The lowest BCUT2D eigenvalue weighted by Gasteiger charge is -2.25. The van der Waals surface area contributed by atoms with E-state index >= 15 is 0 Å². The van der Waals surface area contributed by atoms with Crippen molar-refractivity contribution >= 4 is 11.9 Å². The van der Waals surface area contributed by atoms with Crippen LogP contribution in [0.1, 0.15) is 37.6 Å². The lowest BCUT2D eigenvalue weighted by atomic mass is 10.1. The van der Waals surface area contributed by atoms with Crippen molar-refractivity contribution in [3.8, 4) is 0 Å². The van der Waals surface area contributed by atoms with Gasteiger partial charge in [0.05, 0.1) is 13.1 Å². The van der Waals surface area contributed by atoms with Crippen LogP contribution in [0, 0.1) is 0 Å². The number of alkyl halides is 3. The molecular weight excluding hydrogens is 399 g/mol. The molecule has 0 fully saturated rings. The summed E-state index contributed by atoms with van der Waals surface area (Å²) >= 11 is 0. The maximum atomic E-state index is 12.7. The van der Waals surface area contributed by atoms with Gasteiger partial charge in [-0.25, -0.2) is 19.6 Å². The van der Waals surface area contributed by atoms with Gasteiger partial charge < -0.3 is 16.0 Å². The number of fused-ring (bicyclic) bond motifs is 1. The quantitative estimate of drug-likeness (QED) is 0.352. The maximum absolute atomic E-state index is 12.7. The first-order valence-corrected chi connectivity index (χ1v) is 10.0. The Hall–Kier alpha value is -2.92. The molecule has 0 amide bonds. The minimum atomic E-state index is -4.50. The van der Waals surface area contributed by atoms with Gasteiger partial charge in [-0.2, -0.15) is 18.3 Å². The monoisotopic (exact) mass is 425 g/mol. The Labute approximate surface area is 172 Å². The molecule has 30 heavy (non-hydrogen) atoms. The molecule has 0 bridgehead atoms. The first-order valence-electron chi connectivity index (χ1n) is 10.0. The van der Waals surface area contributed by atoms with Crippen molar-refractivity contribution < 1.29 is 13.2 Å². The Kier molecular flexibility index (Phi) is 7.06. The summed E-state index contributed by atoms with van der Waals surface area (Å²) in [6.07, 6.45) is -0.841. The highest BCUT2D eigenvalue weighted by molar-refractivity contribution is 5.80. The minimum absolute atomic E-state index is 0.0734. The zero-order valence-electron chi connectivity index (χ0n) is 17.0. The number of nitrogens with zero attached hydrogens (tertiary/aromatic N) is 6.